The van der Waals surface area contributed by atoms with Crippen LogP contribution in [0, 0.1) is 0 Å². The van der Waals surface area contributed by atoms with E-state index in [4.69, 9.17) is 19.4 Å². The first-order valence-electron chi connectivity index (χ1n) is 3.78. The summed E-state index contributed by atoms with van der Waals surface area (Å²) in [6.45, 7) is 0. The third-order valence-corrected chi connectivity index (χ3v) is 1.33. The maximum Gasteiger partial charge on any atom is 0.197 e. The first-order chi connectivity index (χ1) is 7.38. The van der Waals surface area contributed by atoms with Crippen LogP contribution in [0.3, 0.4) is 0 Å². The fourth-order valence-electron chi connectivity index (χ4n) is 0.829. The Bertz CT molecular complexity index is 335. The molecule has 0 bridgehead atoms. The monoisotopic (exact) mass is 330 g/mol. The van der Waals surface area contributed by atoms with E-state index in [9.17, 15) is 0 Å². The van der Waals surface area contributed by atoms with Gasteiger partial charge in [0.15, 0.2) is 11.6 Å². The first kappa shape index (κ1) is 12.4. The number of hydrogen-bond acceptors (Lipinski definition) is 4. The van der Waals surface area contributed by atoms with Gasteiger partial charge in [0.25, 0.3) is 0 Å². The van der Waals surface area contributed by atoms with Gasteiger partial charge in [0.2, 0.25) is 0 Å². The average Bonchev–Trinajstić information content (AvgIpc) is 2.32. The van der Waals surface area contributed by atoms with Crippen LogP contribution in [-0.4, -0.2) is 19.9 Å². The van der Waals surface area contributed by atoms with E-state index >= 15 is 0 Å². The first-order valence-corrected chi connectivity index (χ1v) is 8.25. The molecule has 2 aromatic rings. The summed E-state index contributed by atoms with van der Waals surface area (Å²) in [6, 6.07) is 3.51. The van der Waals surface area contributed by atoms with E-state index in [0.717, 1.165) is 0 Å². The zero-order valence-corrected chi connectivity index (χ0v) is 10.6. The minimum Gasteiger partial charge on any atom is -0.234 e. The Morgan fingerprint density at radius 2 is 1.00 bits per heavy atom. The minimum absolute atomic E-state index is 0.346. The largest absolute Gasteiger partial charge is 0.234 e. The van der Waals surface area contributed by atoms with Gasteiger partial charge in [-0.15, -0.1) is 0 Å². The Labute approximate surface area is 103 Å². The molecule has 4 nitrogen and oxygen atoms in total. The third kappa shape index (κ3) is 4.60. The van der Waals surface area contributed by atoms with Crippen molar-refractivity contribution in [3.05, 3.63) is 36.9 Å². The van der Waals surface area contributed by atoms with Crippen molar-refractivity contribution in [2.24, 2.45) is 0 Å². The maximum atomic E-state index is 4.85. The predicted molar refractivity (Wildman–Crippen MR) is 54.8 cm³/mol. The smallest absolute Gasteiger partial charge is 0.197 e. The number of nitrogens with zero attached hydrogens (tertiary/aromatic N) is 4. The molecule has 2 heterocycles. The number of aromatic nitrogens is 4. The number of rotatable bonds is 1. The fraction of sp³-hybridized carbons (Fsp3) is 0. The SMILES string of the molecule is [Cl][Ru][Cl].c1cnc(-c2ncccn2)nc1. The second kappa shape index (κ2) is 7.63. The Hall–Kier alpha value is -0.637. The van der Waals surface area contributed by atoms with Gasteiger partial charge in [0.1, 0.15) is 0 Å². The topological polar surface area (TPSA) is 51.6 Å². The molecule has 0 fully saturated rings. The molecule has 0 aliphatic rings. The normalized spacial score (nSPS) is 9.20. The molecule has 0 unspecified atom stereocenters. The van der Waals surface area contributed by atoms with Crippen LogP contribution < -0.4 is 0 Å². The van der Waals surface area contributed by atoms with Gasteiger partial charge in [-0.05, 0) is 12.1 Å². The summed E-state index contributed by atoms with van der Waals surface area (Å²) in [5.41, 5.74) is 0. The van der Waals surface area contributed by atoms with Crippen LogP contribution in [0.1, 0.15) is 0 Å². The molecule has 2 rings (SSSR count). The van der Waals surface area contributed by atoms with Crippen LogP contribution in [0.2, 0.25) is 0 Å². The zero-order chi connectivity index (χ0) is 10.9. The minimum atomic E-state index is -0.346. The molecule has 0 saturated carbocycles. The molecule has 2 aromatic heterocycles. The van der Waals surface area contributed by atoms with Crippen LogP contribution in [0.5, 0.6) is 0 Å². The van der Waals surface area contributed by atoms with Crippen molar-refractivity contribution in [2.75, 3.05) is 0 Å². The van der Waals surface area contributed by atoms with Gasteiger partial charge in [-0.25, -0.2) is 19.9 Å². The molecule has 0 spiro atoms. The molecule has 0 aromatic carbocycles. The summed E-state index contributed by atoms with van der Waals surface area (Å²) in [4.78, 5) is 16.1. The summed E-state index contributed by atoms with van der Waals surface area (Å²) in [7, 11) is 9.71. The van der Waals surface area contributed by atoms with Crippen molar-refractivity contribution in [1.82, 2.24) is 19.9 Å². The van der Waals surface area contributed by atoms with Crippen molar-refractivity contribution < 1.29 is 15.1 Å². The summed E-state index contributed by atoms with van der Waals surface area (Å²) < 4.78 is 0. The Balaban J connectivity index is 0.000000337. The van der Waals surface area contributed by atoms with Crippen molar-refractivity contribution in [3.63, 3.8) is 0 Å². The zero-order valence-electron chi connectivity index (χ0n) is 7.36. The number of hydrogen-bond donors (Lipinski definition) is 0. The van der Waals surface area contributed by atoms with Gasteiger partial charge >= 0.3 is 34.5 Å². The van der Waals surface area contributed by atoms with Gasteiger partial charge < -0.3 is 0 Å². The third-order valence-electron chi connectivity index (χ3n) is 1.33. The van der Waals surface area contributed by atoms with Gasteiger partial charge in [-0.1, -0.05) is 0 Å². The van der Waals surface area contributed by atoms with E-state index in [2.05, 4.69) is 19.9 Å². The average molecular weight is 330 g/mol. The molecule has 0 aliphatic heterocycles. The second-order valence-corrected chi connectivity index (χ2v) is 4.83. The van der Waals surface area contributed by atoms with E-state index in [1.165, 1.54) is 0 Å². The molecule has 0 saturated heterocycles. The standard InChI is InChI=1S/C8H6N4.2ClH.Ru/c1-3-9-7(10-4-1)8-11-5-2-6-12-8;;;/h1-6H;2*1H;/q;;;+2/p-2. The summed E-state index contributed by atoms with van der Waals surface area (Å²) in [5.74, 6) is 1.11. The van der Waals surface area contributed by atoms with Crippen LogP contribution >= 0.6 is 19.4 Å². The Kier molecular flexibility index (Phi) is 6.32. The van der Waals surface area contributed by atoms with Gasteiger partial charge in [-0.3, -0.25) is 0 Å². The predicted octanol–water partition coefficient (Wildman–Crippen LogP) is 2.31. The Morgan fingerprint density at radius 1 is 0.733 bits per heavy atom. The molecule has 0 aliphatic carbocycles. The van der Waals surface area contributed by atoms with E-state index in [0.29, 0.717) is 11.6 Å². The van der Waals surface area contributed by atoms with Crippen molar-refractivity contribution in [2.45, 2.75) is 0 Å². The van der Waals surface area contributed by atoms with Crippen molar-refractivity contribution >= 4 is 19.4 Å². The molecule has 0 N–H and O–H groups in total. The Morgan fingerprint density at radius 3 is 1.27 bits per heavy atom. The molecule has 0 radical (unpaired) electrons. The summed E-state index contributed by atoms with van der Waals surface area (Å²) in [6.07, 6.45) is 6.66. The molecule has 7 heteroatoms. The summed E-state index contributed by atoms with van der Waals surface area (Å²) >= 11 is -0.346. The molecule has 80 valence electrons. The van der Waals surface area contributed by atoms with Gasteiger partial charge in [0, 0.05) is 24.8 Å². The van der Waals surface area contributed by atoms with Crippen LogP contribution in [0.25, 0.3) is 11.6 Å². The quantitative estimate of drug-likeness (QED) is 0.753. The molecular formula is C8H6Cl2N4Ru. The maximum absolute atomic E-state index is 4.85. The van der Waals surface area contributed by atoms with Gasteiger partial charge in [-0.2, -0.15) is 0 Å². The van der Waals surface area contributed by atoms with Crippen LogP contribution in [0.4, 0.5) is 0 Å². The molecule has 15 heavy (non-hydrogen) atoms. The van der Waals surface area contributed by atoms with E-state index < -0.39 is 0 Å². The van der Waals surface area contributed by atoms with E-state index in [1.807, 2.05) is 0 Å². The molecular weight excluding hydrogens is 324 g/mol. The van der Waals surface area contributed by atoms with Crippen molar-refractivity contribution in [1.29, 1.82) is 0 Å². The fourth-order valence-corrected chi connectivity index (χ4v) is 0.829. The molecule has 0 atom stereocenters. The van der Waals surface area contributed by atoms with Crippen LogP contribution in [-0.2, 0) is 15.1 Å². The second-order valence-electron chi connectivity index (χ2n) is 2.20. The molecule has 0 amide bonds. The number of halogens is 2. The summed E-state index contributed by atoms with van der Waals surface area (Å²) in [5, 5.41) is 0. The van der Waals surface area contributed by atoms with Crippen LogP contribution in [0.15, 0.2) is 36.9 Å². The van der Waals surface area contributed by atoms with E-state index in [-0.39, 0.29) is 15.1 Å². The van der Waals surface area contributed by atoms with Crippen molar-refractivity contribution in [3.8, 4) is 11.6 Å². The van der Waals surface area contributed by atoms with Gasteiger partial charge in [0.05, 0.1) is 0 Å². The van der Waals surface area contributed by atoms with E-state index in [1.54, 1.807) is 36.9 Å².